The van der Waals surface area contributed by atoms with Crippen molar-refractivity contribution in [1.29, 1.82) is 0 Å². The lowest BCUT2D eigenvalue weighted by atomic mass is 9.86. The summed E-state index contributed by atoms with van der Waals surface area (Å²) in [6.45, 7) is 8.17. The molecule has 0 heterocycles. The molecule has 0 amide bonds. The number of hydrogen-bond acceptors (Lipinski definition) is 2. The predicted octanol–water partition coefficient (Wildman–Crippen LogP) is 3.30. The highest BCUT2D eigenvalue weighted by Crippen LogP contribution is 2.25. The Hall–Kier alpha value is 0.310. The van der Waals surface area contributed by atoms with Crippen LogP contribution in [0.3, 0.4) is 0 Å². The minimum absolute atomic E-state index is 0.386. The van der Waals surface area contributed by atoms with Crippen molar-refractivity contribution in [2.75, 3.05) is 12.8 Å². The van der Waals surface area contributed by atoms with Crippen LogP contribution in [0.5, 0.6) is 0 Å². The maximum absolute atomic E-state index is 3.74. The summed E-state index contributed by atoms with van der Waals surface area (Å²) < 4.78 is 0.386. The van der Waals surface area contributed by atoms with Gasteiger partial charge in [-0.25, -0.2) is 0 Å². The second-order valence-corrected chi connectivity index (χ2v) is 6.73. The molecule has 0 aromatic rings. The number of nitrogens with one attached hydrogen (secondary N) is 1. The molecule has 1 rings (SSSR count). The molecular weight excluding hydrogens is 190 g/mol. The minimum Gasteiger partial charge on any atom is -0.312 e. The van der Waals surface area contributed by atoms with E-state index in [0.717, 1.165) is 18.5 Å². The van der Waals surface area contributed by atoms with Crippen LogP contribution in [0.1, 0.15) is 46.5 Å². The third-order valence-electron chi connectivity index (χ3n) is 3.45. The molecule has 1 aliphatic carbocycles. The van der Waals surface area contributed by atoms with E-state index in [4.69, 9.17) is 0 Å². The molecule has 2 atom stereocenters. The highest BCUT2D eigenvalue weighted by molar-refractivity contribution is 7.99. The fourth-order valence-corrected chi connectivity index (χ4v) is 2.30. The van der Waals surface area contributed by atoms with Crippen molar-refractivity contribution in [3.8, 4) is 0 Å². The van der Waals surface area contributed by atoms with Crippen molar-refractivity contribution in [2.45, 2.75) is 57.2 Å². The van der Waals surface area contributed by atoms with Crippen molar-refractivity contribution in [2.24, 2.45) is 5.92 Å². The predicted molar refractivity (Wildman–Crippen MR) is 67.0 cm³/mol. The van der Waals surface area contributed by atoms with E-state index in [9.17, 15) is 0 Å². The van der Waals surface area contributed by atoms with Gasteiger partial charge in [-0.1, -0.05) is 19.8 Å². The first kappa shape index (κ1) is 12.4. The maximum atomic E-state index is 3.74. The van der Waals surface area contributed by atoms with Crippen LogP contribution < -0.4 is 5.32 Å². The van der Waals surface area contributed by atoms with Gasteiger partial charge in [0.15, 0.2) is 0 Å². The van der Waals surface area contributed by atoms with E-state index in [1.54, 1.807) is 0 Å². The summed E-state index contributed by atoms with van der Waals surface area (Å²) in [4.78, 5) is 0. The third kappa shape index (κ3) is 3.82. The molecule has 2 unspecified atom stereocenters. The molecule has 0 saturated heterocycles. The lowest BCUT2D eigenvalue weighted by Crippen LogP contribution is -2.43. The topological polar surface area (TPSA) is 12.0 Å². The zero-order valence-electron chi connectivity index (χ0n) is 10.1. The molecule has 1 nitrogen and oxygen atoms in total. The highest BCUT2D eigenvalue weighted by Gasteiger charge is 2.23. The van der Waals surface area contributed by atoms with Crippen LogP contribution in [0, 0.1) is 5.92 Å². The molecule has 14 heavy (non-hydrogen) atoms. The van der Waals surface area contributed by atoms with E-state index in [2.05, 4.69) is 32.3 Å². The normalized spacial score (nSPS) is 29.1. The smallest absolute Gasteiger partial charge is 0.0225 e. The molecule has 0 aromatic heterocycles. The molecule has 0 bridgehead atoms. The van der Waals surface area contributed by atoms with Crippen LogP contribution >= 0.6 is 11.8 Å². The van der Waals surface area contributed by atoms with Gasteiger partial charge in [-0.15, -0.1) is 0 Å². The van der Waals surface area contributed by atoms with Gasteiger partial charge in [-0.3, -0.25) is 0 Å². The van der Waals surface area contributed by atoms with E-state index >= 15 is 0 Å². The summed E-state index contributed by atoms with van der Waals surface area (Å²) in [5.41, 5.74) is 0. The molecule has 1 fully saturated rings. The third-order valence-corrected chi connectivity index (χ3v) is 4.70. The zero-order valence-corrected chi connectivity index (χ0v) is 10.9. The number of rotatable bonds is 4. The summed E-state index contributed by atoms with van der Waals surface area (Å²) in [7, 11) is 0. The van der Waals surface area contributed by atoms with Crippen molar-refractivity contribution in [3.05, 3.63) is 0 Å². The quantitative estimate of drug-likeness (QED) is 0.772. The van der Waals surface area contributed by atoms with Gasteiger partial charge < -0.3 is 5.32 Å². The van der Waals surface area contributed by atoms with E-state index in [0.29, 0.717) is 4.75 Å². The summed E-state index contributed by atoms with van der Waals surface area (Å²) in [6, 6.07) is 0.773. The van der Waals surface area contributed by atoms with Gasteiger partial charge in [0.1, 0.15) is 0 Å². The zero-order chi connectivity index (χ0) is 10.6. The fraction of sp³-hybridized carbons (Fsp3) is 1.00. The van der Waals surface area contributed by atoms with Crippen LogP contribution in [-0.2, 0) is 0 Å². The second kappa shape index (κ2) is 5.41. The number of thioether (sulfide) groups is 1. The van der Waals surface area contributed by atoms with E-state index in [-0.39, 0.29) is 0 Å². The Morgan fingerprint density at radius 1 is 1.29 bits per heavy atom. The van der Waals surface area contributed by atoms with E-state index < -0.39 is 0 Å². The van der Waals surface area contributed by atoms with Crippen LogP contribution in [0.15, 0.2) is 0 Å². The van der Waals surface area contributed by atoms with Gasteiger partial charge in [-0.2, -0.15) is 11.8 Å². The molecule has 84 valence electrons. The van der Waals surface area contributed by atoms with Gasteiger partial charge in [0.05, 0.1) is 0 Å². The van der Waals surface area contributed by atoms with Crippen molar-refractivity contribution in [3.63, 3.8) is 0 Å². The van der Waals surface area contributed by atoms with Gasteiger partial charge in [0, 0.05) is 17.3 Å². The average molecular weight is 215 g/mol. The summed E-state index contributed by atoms with van der Waals surface area (Å²) in [5.74, 6) is 0.876. The largest absolute Gasteiger partial charge is 0.312 e. The monoisotopic (exact) mass is 215 g/mol. The van der Waals surface area contributed by atoms with Gasteiger partial charge in [0.25, 0.3) is 0 Å². The van der Waals surface area contributed by atoms with Crippen molar-refractivity contribution < 1.29 is 0 Å². The maximum Gasteiger partial charge on any atom is 0.0225 e. The molecule has 1 aliphatic rings. The molecule has 1 N–H and O–H groups in total. The summed E-state index contributed by atoms with van der Waals surface area (Å²) in [5, 5.41) is 3.74. The van der Waals surface area contributed by atoms with Crippen LogP contribution in [0.4, 0.5) is 0 Å². The Kier molecular flexibility index (Phi) is 4.78. The summed E-state index contributed by atoms with van der Waals surface area (Å²) in [6.07, 6.45) is 7.85. The van der Waals surface area contributed by atoms with Crippen LogP contribution in [0.2, 0.25) is 0 Å². The van der Waals surface area contributed by atoms with Crippen LogP contribution in [0.25, 0.3) is 0 Å². The van der Waals surface area contributed by atoms with Gasteiger partial charge >= 0.3 is 0 Å². The first-order valence-corrected chi connectivity index (χ1v) is 7.06. The average Bonchev–Trinajstić information content (AvgIpc) is 2.17. The molecule has 0 aliphatic heterocycles. The van der Waals surface area contributed by atoms with Crippen molar-refractivity contribution >= 4 is 11.8 Å². The Morgan fingerprint density at radius 3 is 2.50 bits per heavy atom. The summed E-state index contributed by atoms with van der Waals surface area (Å²) >= 11 is 1.95. The van der Waals surface area contributed by atoms with Gasteiger partial charge in [0.2, 0.25) is 0 Å². The molecule has 1 saturated carbocycles. The second-order valence-electron chi connectivity index (χ2n) is 5.21. The first-order chi connectivity index (χ1) is 6.55. The SMILES string of the molecule is CSC(C)(C)CNC1CCCCC1C. The minimum atomic E-state index is 0.386. The highest BCUT2D eigenvalue weighted by atomic mass is 32.2. The standard InChI is InChI=1S/C12H25NS/c1-10-7-5-6-8-11(10)13-9-12(2,3)14-4/h10-11,13H,5-9H2,1-4H3. The lowest BCUT2D eigenvalue weighted by Gasteiger charge is -2.33. The fourth-order valence-electron chi connectivity index (χ4n) is 2.07. The molecular formula is C12H25NS. The van der Waals surface area contributed by atoms with Gasteiger partial charge in [-0.05, 0) is 38.9 Å². The Bertz CT molecular complexity index is 168. The Balaban J connectivity index is 2.29. The number of hydrogen-bond donors (Lipinski definition) is 1. The first-order valence-electron chi connectivity index (χ1n) is 5.84. The molecule has 0 spiro atoms. The van der Waals surface area contributed by atoms with E-state index in [1.807, 2.05) is 11.8 Å². The Labute approximate surface area is 93.4 Å². The molecule has 2 heteroatoms. The lowest BCUT2D eigenvalue weighted by molar-refractivity contribution is 0.276. The van der Waals surface area contributed by atoms with Crippen LogP contribution in [-0.4, -0.2) is 23.6 Å². The van der Waals surface area contributed by atoms with E-state index in [1.165, 1.54) is 25.7 Å². The van der Waals surface area contributed by atoms with Crippen molar-refractivity contribution in [1.82, 2.24) is 5.32 Å². The molecule has 0 radical (unpaired) electrons. The molecule has 0 aromatic carbocycles. The Morgan fingerprint density at radius 2 is 1.93 bits per heavy atom.